The molecule has 0 fully saturated rings. The van der Waals surface area contributed by atoms with Gasteiger partial charge in [-0.25, -0.2) is 4.98 Å². The van der Waals surface area contributed by atoms with Crippen LogP contribution in [0.2, 0.25) is 5.02 Å². The fourth-order valence-electron chi connectivity index (χ4n) is 1.24. The van der Waals surface area contributed by atoms with Gasteiger partial charge in [-0.15, -0.1) is 0 Å². The summed E-state index contributed by atoms with van der Waals surface area (Å²) < 4.78 is 6.04. The van der Waals surface area contributed by atoms with Crippen molar-refractivity contribution in [2.24, 2.45) is 0 Å². The highest BCUT2D eigenvalue weighted by Crippen LogP contribution is 2.27. The molecule has 0 aliphatic carbocycles. The van der Waals surface area contributed by atoms with Gasteiger partial charge in [0.1, 0.15) is 5.75 Å². The molecule has 0 atom stereocenters. The molecular formula is C11H9BrClN3O2. The van der Waals surface area contributed by atoms with E-state index in [1.165, 1.54) is 0 Å². The van der Waals surface area contributed by atoms with Crippen LogP contribution in [0.15, 0.2) is 35.1 Å². The molecule has 0 aliphatic heterocycles. The van der Waals surface area contributed by atoms with Crippen molar-refractivity contribution in [1.82, 2.24) is 9.97 Å². The van der Waals surface area contributed by atoms with Crippen LogP contribution in [-0.2, 0) is 4.79 Å². The normalized spacial score (nSPS) is 10.1. The van der Waals surface area contributed by atoms with E-state index in [0.717, 1.165) is 0 Å². The zero-order valence-corrected chi connectivity index (χ0v) is 11.5. The van der Waals surface area contributed by atoms with Gasteiger partial charge in [0, 0.05) is 17.4 Å². The monoisotopic (exact) mass is 329 g/mol. The summed E-state index contributed by atoms with van der Waals surface area (Å²) in [5, 5.41) is 3.14. The minimum Gasteiger partial charge on any atom is -0.483 e. The van der Waals surface area contributed by atoms with Crippen LogP contribution in [-0.4, -0.2) is 22.5 Å². The number of nitrogens with zero attached hydrogens (tertiary/aromatic N) is 1. The average molecular weight is 331 g/mol. The molecule has 94 valence electrons. The molecule has 2 aromatic rings. The number of halogens is 2. The number of aromatic amines is 1. The molecule has 5 nitrogen and oxygen atoms in total. The van der Waals surface area contributed by atoms with Crippen LogP contribution >= 0.6 is 27.5 Å². The Morgan fingerprint density at radius 2 is 2.39 bits per heavy atom. The lowest BCUT2D eigenvalue weighted by molar-refractivity contribution is -0.118. The molecular weight excluding hydrogens is 321 g/mol. The lowest BCUT2D eigenvalue weighted by Gasteiger charge is -2.07. The molecule has 7 heteroatoms. The highest BCUT2D eigenvalue weighted by Gasteiger charge is 2.07. The van der Waals surface area contributed by atoms with Crippen LogP contribution < -0.4 is 10.1 Å². The second-order valence-electron chi connectivity index (χ2n) is 3.35. The minimum atomic E-state index is -0.299. The van der Waals surface area contributed by atoms with E-state index in [0.29, 0.717) is 21.2 Å². The lowest BCUT2D eigenvalue weighted by atomic mass is 10.3. The zero-order valence-electron chi connectivity index (χ0n) is 9.11. The Morgan fingerprint density at radius 1 is 1.56 bits per heavy atom. The Hall–Kier alpha value is -1.53. The van der Waals surface area contributed by atoms with Crippen LogP contribution in [0.3, 0.4) is 0 Å². The second kappa shape index (κ2) is 5.88. The van der Waals surface area contributed by atoms with Crippen LogP contribution in [0, 0.1) is 0 Å². The van der Waals surface area contributed by atoms with Crippen molar-refractivity contribution in [3.05, 3.63) is 40.1 Å². The number of rotatable bonds is 4. The Labute approximate surface area is 117 Å². The number of carbonyl (C=O) groups is 1. The third-order valence-electron chi connectivity index (χ3n) is 2.01. The third-order valence-corrected chi connectivity index (χ3v) is 2.86. The fourth-order valence-corrected chi connectivity index (χ4v) is 2.03. The van der Waals surface area contributed by atoms with Gasteiger partial charge in [-0.3, -0.25) is 10.1 Å². The minimum absolute atomic E-state index is 0.110. The van der Waals surface area contributed by atoms with E-state index in [1.807, 2.05) is 0 Å². The molecule has 0 saturated heterocycles. The molecule has 0 unspecified atom stereocenters. The van der Waals surface area contributed by atoms with Crippen LogP contribution in [0.1, 0.15) is 0 Å². The van der Waals surface area contributed by atoms with Crippen molar-refractivity contribution in [2.75, 3.05) is 11.9 Å². The molecule has 1 heterocycles. The van der Waals surface area contributed by atoms with Crippen molar-refractivity contribution in [1.29, 1.82) is 0 Å². The second-order valence-corrected chi connectivity index (χ2v) is 4.64. The van der Waals surface area contributed by atoms with Gasteiger partial charge in [0.05, 0.1) is 4.47 Å². The number of aromatic nitrogens is 2. The Balaban J connectivity index is 1.89. The number of amides is 1. The molecule has 1 aromatic heterocycles. The van der Waals surface area contributed by atoms with E-state index in [9.17, 15) is 4.79 Å². The third kappa shape index (κ3) is 3.48. The van der Waals surface area contributed by atoms with Gasteiger partial charge < -0.3 is 9.72 Å². The predicted molar refractivity (Wildman–Crippen MR) is 71.9 cm³/mol. The van der Waals surface area contributed by atoms with Gasteiger partial charge in [-0.1, -0.05) is 11.6 Å². The summed E-state index contributed by atoms with van der Waals surface area (Å²) in [6.07, 6.45) is 3.17. The standard InChI is InChI=1S/C11H9BrClN3O2/c12-8-5-7(13)1-2-9(8)18-6-10(17)16-11-14-3-4-15-11/h1-5H,6H2,(H2,14,15,16,17). The number of H-pyrrole nitrogens is 1. The van der Waals surface area contributed by atoms with Crippen molar-refractivity contribution in [2.45, 2.75) is 0 Å². The summed E-state index contributed by atoms with van der Waals surface area (Å²) in [5.41, 5.74) is 0. The molecule has 0 bridgehead atoms. The first-order chi connectivity index (χ1) is 8.65. The van der Waals surface area contributed by atoms with Crippen molar-refractivity contribution >= 4 is 39.4 Å². The summed E-state index contributed by atoms with van der Waals surface area (Å²) >= 11 is 9.10. The Kier molecular flexibility index (Phi) is 4.22. The highest BCUT2D eigenvalue weighted by atomic mass is 79.9. The lowest BCUT2D eigenvalue weighted by Crippen LogP contribution is -2.20. The number of imidazole rings is 1. The van der Waals surface area contributed by atoms with Crippen molar-refractivity contribution in [3.63, 3.8) is 0 Å². The molecule has 0 aliphatic rings. The van der Waals surface area contributed by atoms with E-state index >= 15 is 0 Å². The number of carbonyl (C=O) groups excluding carboxylic acids is 1. The smallest absolute Gasteiger partial charge is 0.264 e. The Bertz CT molecular complexity index is 545. The van der Waals surface area contributed by atoms with E-state index in [2.05, 4.69) is 31.2 Å². The zero-order chi connectivity index (χ0) is 13.0. The quantitative estimate of drug-likeness (QED) is 0.906. The predicted octanol–water partition coefficient (Wildman–Crippen LogP) is 2.84. The van der Waals surface area contributed by atoms with Gasteiger partial charge in [-0.05, 0) is 34.1 Å². The molecule has 1 aromatic carbocycles. The maximum Gasteiger partial charge on any atom is 0.264 e. The largest absolute Gasteiger partial charge is 0.483 e. The van der Waals surface area contributed by atoms with Crippen LogP contribution in [0.4, 0.5) is 5.95 Å². The van der Waals surface area contributed by atoms with Gasteiger partial charge in [-0.2, -0.15) is 0 Å². The summed E-state index contributed by atoms with van der Waals surface area (Å²) in [6.45, 7) is -0.110. The first-order valence-electron chi connectivity index (χ1n) is 5.02. The van der Waals surface area contributed by atoms with Crippen LogP contribution in [0.5, 0.6) is 5.75 Å². The first kappa shape index (κ1) is 12.9. The van der Waals surface area contributed by atoms with Crippen molar-refractivity contribution < 1.29 is 9.53 Å². The van der Waals surface area contributed by atoms with Gasteiger partial charge in [0.25, 0.3) is 5.91 Å². The molecule has 18 heavy (non-hydrogen) atoms. The number of nitrogens with one attached hydrogen (secondary N) is 2. The molecule has 0 spiro atoms. The molecule has 0 saturated carbocycles. The SMILES string of the molecule is O=C(COc1ccc(Cl)cc1Br)Nc1ncc[nH]1. The molecule has 2 N–H and O–H groups in total. The number of anilines is 1. The van der Waals surface area contributed by atoms with Gasteiger partial charge in [0.15, 0.2) is 6.61 Å². The summed E-state index contributed by atoms with van der Waals surface area (Å²) in [7, 11) is 0. The van der Waals surface area contributed by atoms with E-state index < -0.39 is 0 Å². The Morgan fingerprint density at radius 3 is 3.06 bits per heavy atom. The van der Waals surface area contributed by atoms with Gasteiger partial charge >= 0.3 is 0 Å². The first-order valence-corrected chi connectivity index (χ1v) is 6.19. The summed E-state index contributed by atoms with van der Waals surface area (Å²) in [4.78, 5) is 18.2. The number of hydrogen-bond acceptors (Lipinski definition) is 3. The van der Waals surface area contributed by atoms with E-state index in [1.54, 1.807) is 30.6 Å². The highest BCUT2D eigenvalue weighted by molar-refractivity contribution is 9.10. The van der Waals surface area contributed by atoms with E-state index in [4.69, 9.17) is 16.3 Å². The van der Waals surface area contributed by atoms with Crippen molar-refractivity contribution in [3.8, 4) is 5.75 Å². The molecule has 1 amide bonds. The maximum absolute atomic E-state index is 11.5. The fraction of sp³-hybridized carbons (Fsp3) is 0.0909. The molecule has 2 rings (SSSR count). The molecule has 0 radical (unpaired) electrons. The topological polar surface area (TPSA) is 67.0 Å². The van der Waals surface area contributed by atoms with E-state index in [-0.39, 0.29) is 12.5 Å². The average Bonchev–Trinajstić information content (AvgIpc) is 2.80. The van der Waals surface area contributed by atoms with Gasteiger partial charge in [0.2, 0.25) is 5.95 Å². The maximum atomic E-state index is 11.5. The summed E-state index contributed by atoms with van der Waals surface area (Å²) in [6, 6.07) is 5.07. The number of hydrogen-bond donors (Lipinski definition) is 2. The summed E-state index contributed by atoms with van der Waals surface area (Å²) in [5.74, 6) is 0.638. The number of ether oxygens (including phenoxy) is 1. The number of benzene rings is 1. The van der Waals surface area contributed by atoms with Crippen LogP contribution in [0.25, 0.3) is 0 Å².